The van der Waals surface area contributed by atoms with Crippen molar-refractivity contribution >= 4 is 15.8 Å². The van der Waals surface area contributed by atoms with Crippen LogP contribution in [0.25, 0.3) is 0 Å². The van der Waals surface area contributed by atoms with Gasteiger partial charge in [0.15, 0.2) is 9.84 Å². The van der Waals surface area contributed by atoms with Crippen LogP contribution in [0.5, 0.6) is 0 Å². The number of rotatable bonds is 4. The van der Waals surface area contributed by atoms with Crippen LogP contribution < -0.4 is 0 Å². The van der Waals surface area contributed by atoms with Crippen LogP contribution in [0.2, 0.25) is 0 Å². The highest BCUT2D eigenvalue weighted by atomic mass is 32.2. The van der Waals surface area contributed by atoms with E-state index in [1.54, 1.807) is 6.07 Å². The Morgan fingerprint density at radius 1 is 1.58 bits per heavy atom. The Kier molecular flexibility index (Phi) is 3.86. The second-order valence-electron chi connectivity index (χ2n) is 4.83. The molecule has 1 saturated heterocycles. The van der Waals surface area contributed by atoms with Crippen molar-refractivity contribution in [1.82, 2.24) is 9.88 Å². The normalized spacial score (nSPS) is 21.7. The zero-order chi connectivity index (χ0) is 14.0. The summed E-state index contributed by atoms with van der Waals surface area (Å²) in [7, 11) is -1.05. The summed E-state index contributed by atoms with van der Waals surface area (Å²) >= 11 is 0. The standard InChI is InChI=1S/C12H16N2O4S/c1-14(10-3-5-19(17,18)8-10)7-9-2-4-13-11(6-9)12(15)16/h2,4,6,10H,3,5,7-8H2,1H3,(H,15,16). The molecule has 0 saturated carbocycles. The summed E-state index contributed by atoms with van der Waals surface area (Å²) in [5, 5.41) is 8.87. The molecule has 1 fully saturated rings. The fraction of sp³-hybridized carbons (Fsp3) is 0.500. The molecule has 1 aromatic rings. The maximum atomic E-state index is 11.4. The van der Waals surface area contributed by atoms with Gasteiger partial charge in [0.25, 0.3) is 0 Å². The first-order chi connectivity index (χ1) is 8.87. The van der Waals surface area contributed by atoms with Crippen LogP contribution in [0.4, 0.5) is 0 Å². The Morgan fingerprint density at radius 2 is 2.32 bits per heavy atom. The average Bonchev–Trinajstić information content (AvgIpc) is 2.70. The minimum Gasteiger partial charge on any atom is -0.477 e. The summed E-state index contributed by atoms with van der Waals surface area (Å²) in [6.45, 7) is 0.517. The van der Waals surface area contributed by atoms with Gasteiger partial charge in [0.2, 0.25) is 0 Å². The van der Waals surface area contributed by atoms with Crippen LogP contribution in [-0.2, 0) is 16.4 Å². The average molecular weight is 284 g/mol. The van der Waals surface area contributed by atoms with E-state index in [2.05, 4.69) is 4.98 Å². The summed E-state index contributed by atoms with van der Waals surface area (Å²) < 4.78 is 22.9. The molecule has 0 radical (unpaired) electrons. The molecule has 6 nitrogen and oxygen atoms in total. The van der Waals surface area contributed by atoms with Gasteiger partial charge in [0.1, 0.15) is 5.69 Å². The van der Waals surface area contributed by atoms with Crippen molar-refractivity contribution in [3.05, 3.63) is 29.6 Å². The molecule has 104 valence electrons. The third kappa shape index (κ3) is 3.51. The smallest absolute Gasteiger partial charge is 0.354 e. The lowest BCUT2D eigenvalue weighted by atomic mass is 10.1. The van der Waals surface area contributed by atoms with Gasteiger partial charge in [0.05, 0.1) is 11.5 Å². The number of aromatic nitrogens is 1. The van der Waals surface area contributed by atoms with E-state index in [4.69, 9.17) is 5.11 Å². The molecule has 19 heavy (non-hydrogen) atoms. The maximum absolute atomic E-state index is 11.4. The van der Waals surface area contributed by atoms with Gasteiger partial charge >= 0.3 is 5.97 Å². The monoisotopic (exact) mass is 284 g/mol. The number of sulfone groups is 1. The van der Waals surface area contributed by atoms with E-state index in [1.807, 2.05) is 11.9 Å². The summed E-state index contributed by atoms with van der Waals surface area (Å²) in [5.74, 6) is -0.646. The van der Waals surface area contributed by atoms with Crippen molar-refractivity contribution < 1.29 is 18.3 Å². The van der Waals surface area contributed by atoms with Crippen LogP contribution in [-0.4, -0.2) is 54.0 Å². The van der Waals surface area contributed by atoms with E-state index in [1.165, 1.54) is 12.3 Å². The predicted octanol–water partition coefficient (Wildman–Crippen LogP) is 0.399. The Morgan fingerprint density at radius 3 is 2.89 bits per heavy atom. The first-order valence-electron chi connectivity index (χ1n) is 5.96. The van der Waals surface area contributed by atoms with Gasteiger partial charge in [-0.05, 0) is 31.2 Å². The first-order valence-corrected chi connectivity index (χ1v) is 7.78. The quantitative estimate of drug-likeness (QED) is 0.861. The molecule has 0 aromatic carbocycles. The molecule has 1 N–H and O–H groups in total. The number of carboxylic acid groups (broad SMARTS) is 1. The molecule has 1 aromatic heterocycles. The van der Waals surface area contributed by atoms with Crippen molar-refractivity contribution in [3.8, 4) is 0 Å². The van der Waals surface area contributed by atoms with E-state index in [0.29, 0.717) is 13.0 Å². The largest absolute Gasteiger partial charge is 0.477 e. The summed E-state index contributed by atoms with van der Waals surface area (Å²) in [6.07, 6.45) is 2.09. The number of pyridine rings is 1. The molecule has 1 aliphatic rings. The minimum absolute atomic E-state index is 0.00458. The molecule has 0 aliphatic carbocycles. The zero-order valence-corrected chi connectivity index (χ0v) is 11.4. The molecule has 2 rings (SSSR count). The van der Waals surface area contributed by atoms with E-state index in [-0.39, 0.29) is 23.2 Å². The molecule has 7 heteroatoms. The van der Waals surface area contributed by atoms with E-state index in [0.717, 1.165) is 5.56 Å². The summed E-state index contributed by atoms with van der Waals surface area (Å²) in [6, 6.07) is 3.26. The van der Waals surface area contributed by atoms with Crippen LogP contribution in [0, 0.1) is 0 Å². The Hall–Kier alpha value is -1.47. The van der Waals surface area contributed by atoms with Gasteiger partial charge in [-0.3, -0.25) is 4.90 Å². The molecular weight excluding hydrogens is 268 g/mol. The lowest BCUT2D eigenvalue weighted by Gasteiger charge is -2.23. The maximum Gasteiger partial charge on any atom is 0.354 e. The fourth-order valence-corrected chi connectivity index (χ4v) is 4.03. The zero-order valence-electron chi connectivity index (χ0n) is 10.6. The lowest BCUT2D eigenvalue weighted by molar-refractivity contribution is 0.0690. The predicted molar refractivity (Wildman–Crippen MR) is 69.7 cm³/mol. The minimum atomic E-state index is -2.90. The fourth-order valence-electron chi connectivity index (χ4n) is 2.23. The van der Waals surface area contributed by atoms with Gasteiger partial charge in [-0.15, -0.1) is 0 Å². The number of hydrogen-bond acceptors (Lipinski definition) is 5. The highest BCUT2D eigenvalue weighted by Gasteiger charge is 2.30. The van der Waals surface area contributed by atoms with Crippen LogP contribution in [0.1, 0.15) is 22.5 Å². The number of hydrogen-bond donors (Lipinski definition) is 1. The highest BCUT2D eigenvalue weighted by molar-refractivity contribution is 7.91. The molecule has 1 atom stereocenters. The molecule has 0 spiro atoms. The van der Waals surface area contributed by atoms with Gasteiger partial charge in [-0.1, -0.05) is 0 Å². The van der Waals surface area contributed by atoms with Crippen LogP contribution in [0.15, 0.2) is 18.3 Å². The number of nitrogens with zero attached hydrogens (tertiary/aromatic N) is 2. The summed E-state index contributed by atoms with van der Waals surface area (Å²) in [5.41, 5.74) is 0.823. The third-order valence-corrected chi connectivity index (χ3v) is 5.06. The highest BCUT2D eigenvalue weighted by Crippen LogP contribution is 2.18. The molecule has 0 amide bonds. The van der Waals surface area contributed by atoms with E-state index in [9.17, 15) is 13.2 Å². The lowest BCUT2D eigenvalue weighted by Crippen LogP contribution is -2.32. The number of aromatic carboxylic acids is 1. The van der Waals surface area contributed by atoms with Gasteiger partial charge in [-0.25, -0.2) is 18.2 Å². The second kappa shape index (κ2) is 5.26. The van der Waals surface area contributed by atoms with Crippen LogP contribution >= 0.6 is 0 Å². The second-order valence-corrected chi connectivity index (χ2v) is 7.06. The summed E-state index contributed by atoms with van der Waals surface area (Å²) in [4.78, 5) is 16.5. The Bertz CT molecular complexity index is 585. The number of carbonyl (C=O) groups is 1. The van der Waals surface area contributed by atoms with Crippen molar-refractivity contribution in [1.29, 1.82) is 0 Å². The van der Waals surface area contributed by atoms with Crippen molar-refractivity contribution in [2.45, 2.75) is 19.0 Å². The Balaban J connectivity index is 2.05. The topological polar surface area (TPSA) is 87.6 Å². The van der Waals surface area contributed by atoms with Gasteiger partial charge in [0, 0.05) is 18.8 Å². The van der Waals surface area contributed by atoms with E-state index >= 15 is 0 Å². The van der Waals surface area contributed by atoms with Gasteiger partial charge < -0.3 is 5.11 Å². The first kappa shape index (κ1) is 14.0. The SMILES string of the molecule is CN(Cc1ccnc(C(=O)O)c1)C1CCS(=O)(=O)C1. The van der Waals surface area contributed by atoms with Crippen molar-refractivity contribution in [2.24, 2.45) is 0 Å². The van der Waals surface area contributed by atoms with Crippen molar-refractivity contribution in [3.63, 3.8) is 0 Å². The molecule has 1 aliphatic heterocycles. The molecule has 1 unspecified atom stereocenters. The molecular formula is C12H16N2O4S. The van der Waals surface area contributed by atoms with Gasteiger partial charge in [-0.2, -0.15) is 0 Å². The molecule has 0 bridgehead atoms. The molecule has 2 heterocycles. The Labute approximate surface area is 112 Å². The van der Waals surface area contributed by atoms with Crippen molar-refractivity contribution in [2.75, 3.05) is 18.6 Å². The number of carboxylic acids is 1. The third-order valence-electron chi connectivity index (χ3n) is 3.31. The van der Waals surface area contributed by atoms with Crippen LogP contribution in [0.3, 0.4) is 0 Å². The van der Waals surface area contributed by atoms with E-state index < -0.39 is 15.8 Å².